The number of hydrogen-bond donors (Lipinski definition) is 3. The van der Waals surface area contributed by atoms with E-state index >= 15 is 0 Å². The highest BCUT2D eigenvalue weighted by molar-refractivity contribution is 5.95. The van der Waals surface area contributed by atoms with Crippen LogP contribution in [0.4, 0.5) is 4.39 Å². The highest BCUT2D eigenvalue weighted by Gasteiger charge is 2.45. The summed E-state index contributed by atoms with van der Waals surface area (Å²) in [6.07, 6.45) is 4.21. The third-order valence-corrected chi connectivity index (χ3v) is 10.1. The minimum Gasteiger partial charge on any atom is -0.347 e. The first-order chi connectivity index (χ1) is 23.9. The van der Waals surface area contributed by atoms with E-state index in [4.69, 9.17) is 0 Å². The standard InChI is InChI=1S/C40H50FN5O4/c1-26(21-30-12-7-9-15-33(30)41)45(25-47)23-27-17-19-29(20-18-27)37(48)43-31-22-35(46(24-31)39(50)36(42-5)40(2,3)4)38(49)44-34-16-10-13-28-11-6-8-14-32(28)34/h6-9,11-12,14-15,17-20,25-26,31,34-36,42H,10,13,16,21-24H2,1-5H3,(H,43,48)(H,44,49). The van der Waals surface area contributed by atoms with Gasteiger partial charge in [-0.15, -0.1) is 0 Å². The second-order valence-electron chi connectivity index (χ2n) is 14.8. The van der Waals surface area contributed by atoms with Crippen LogP contribution < -0.4 is 16.0 Å². The Bertz CT molecular complexity index is 1670. The van der Waals surface area contributed by atoms with Gasteiger partial charge < -0.3 is 25.8 Å². The molecule has 0 saturated carbocycles. The van der Waals surface area contributed by atoms with Crippen LogP contribution in [0.3, 0.4) is 0 Å². The summed E-state index contributed by atoms with van der Waals surface area (Å²) < 4.78 is 14.2. The molecular weight excluding hydrogens is 633 g/mol. The summed E-state index contributed by atoms with van der Waals surface area (Å²) in [7, 11) is 1.75. The van der Waals surface area contributed by atoms with Crippen molar-refractivity contribution in [3.8, 4) is 0 Å². The number of rotatable bonds is 12. The number of carbonyl (C=O) groups excluding carboxylic acids is 4. The summed E-state index contributed by atoms with van der Waals surface area (Å²) in [5.41, 5.74) is 3.76. The lowest BCUT2D eigenvalue weighted by molar-refractivity contribution is -0.142. The largest absolute Gasteiger partial charge is 0.347 e. The van der Waals surface area contributed by atoms with Crippen molar-refractivity contribution in [3.63, 3.8) is 0 Å². The summed E-state index contributed by atoms with van der Waals surface area (Å²) in [5.74, 6) is -0.992. The molecule has 1 fully saturated rings. The van der Waals surface area contributed by atoms with Gasteiger partial charge in [-0.3, -0.25) is 19.2 Å². The molecule has 266 valence electrons. The number of nitrogens with zero attached hydrogens (tertiary/aromatic N) is 2. The first kappa shape index (κ1) is 36.7. The number of hydrogen-bond acceptors (Lipinski definition) is 5. The van der Waals surface area contributed by atoms with Gasteiger partial charge in [-0.1, -0.05) is 75.4 Å². The summed E-state index contributed by atoms with van der Waals surface area (Å²) in [4.78, 5) is 56.5. The molecule has 9 nitrogen and oxygen atoms in total. The van der Waals surface area contributed by atoms with Crippen molar-refractivity contribution in [1.29, 1.82) is 0 Å². The molecule has 1 aliphatic carbocycles. The van der Waals surface area contributed by atoms with Crippen molar-refractivity contribution in [1.82, 2.24) is 25.8 Å². The number of benzene rings is 3. The van der Waals surface area contributed by atoms with Crippen LogP contribution in [0.5, 0.6) is 0 Å². The Labute approximate surface area is 295 Å². The van der Waals surface area contributed by atoms with Crippen molar-refractivity contribution in [2.75, 3.05) is 13.6 Å². The molecule has 5 rings (SSSR count). The topological polar surface area (TPSA) is 111 Å². The van der Waals surface area contributed by atoms with Gasteiger partial charge in [-0.05, 0) is 91.9 Å². The summed E-state index contributed by atoms with van der Waals surface area (Å²) >= 11 is 0. The summed E-state index contributed by atoms with van der Waals surface area (Å²) in [6, 6.07) is 19.7. The lowest BCUT2D eigenvalue weighted by atomic mass is 9.85. The fourth-order valence-corrected chi connectivity index (χ4v) is 7.33. The van der Waals surface area contributed by atoms with Crippen LogP contribution in [0.2, 0.25) is 0 Å². The third-order valence-electron chi connectivity index (χ3n) is 10.1. The van der Waals surface area contributed by atoms with Crippen LogP contribution in [-0.2, 0) is 33.8 Å². The van der Waals surface area contributed by atoms with Gasteiger partial charge in [0.2, 0.25) is 18.2 Å². The predicted molar refractivity (Wildman–Crippen MR) is 192 cm³/mol. The average Bonchev–Trinajstić information content (AvgIpc) is 3.52. The van der Waals surface area contributed by atoms with Crippen molar-refractivity contribution in [2.45, 2.75) is 96.6 Å². The van der Waals surface area contributed by atoms with E-state index in [9.17, 15) is 23.6 Å². The van der Waals surface area contributed by atoms with Crippen LogP contribution in [0, 0.1) is 11.2 Å². The Morgan fingerprint density at radius 1 is 1.00 bits per heavy atom. The zero-order chi connectivity index (χ0) is 36.0. The highest BCUT2D eigenvalue weighted by Crippen LogP contribution is 2.31. The molecule has 3 aromatic carbocycles. The lowest BCUT2D eigenvalue weighted by Gasteiger charge is -2.35. The maximum atomic E-state index is 14.2. The van der Waals surface area contributed by atoms with Crippen molar-refractivity contribution < 1.29 is 23.6 Å². The van der Waals surface area contributed by atoms with E-state index in [-0.39, 0.29) is 42.2 Å². The Morgan fingerprint density at radius 2 is 1.70 bits per heavy atom. The van der Waals surface area contributed by atoms with Crippen molar-refractivity contribution in [2.24, 2.45) is 5.41 Å². The molecule has 0 aromatic heterocycles. The summed E-state index contributed by atoms with van der Waals surface area (Å²) in [5, 5.41) is 9.45. The number of likely N-dealkylation sites (N-methyl/N-ethyl adjacent to an activating group) is 1. The van der Waals surface area contributed by atoms with E-state index in [0.29, 0.717) is 30.5 Å². The van der Waals surface area contributed by atoms with Gasteiger partial charge in [-0.2, -0.15) is 0 Å². The number of likely N-dealkylation sites (tertiary alicyclic amines) is 1. The number of aryl methyl sites for hydroxylation is 1. The molecule has 1 heterocycles. The third kappa shape index (κ3) is 8.59. The van der Waals surface area contributed by atoms with Gasteiger partial charge >= 0.3 is 0 Å². The molecule has 0 spiro atoms. The van der Waals surface area contributed by atoms with E-state index in [0.717, 1.165) is 36.8 Å². The number of amides is 4. The fraction of sp³-hybridized carbons (Fsp3) is 0.450. The van der Waals surface area contributed by atoms with Gasteiger partial charge in [0, 0.05) is 30.7 Å². The van der Waals surface area contributed by atoms with E-state index < -0.39 is 23.5 Å². The minimum atomic E-state index is -0.733. The van der Waals surface area contributed by atoms with Crippen LogP contribution in [0.25, 0.3) is 0 Å². The van der Waals surface area contributed by atoms with E-state index in [1.54, 1.807) is 59.3 Å². The molecule has 1 aliphatic heterocycles. The monoisotopic (exact) mass is 683 g/mol. The van der Waals surface area contributed by atoms with E-state index in [1.165, 1.54) is 11.6 Å². The first-order valence-corrected chi connectivity index (χ1v) is 17.6. The van der Waals surface area contributed by atoms with Crippen molar-refractivity contribution >= 4 is 24.1 Å². The number of carbonyl (C=O) groups is 4. The lowest BCUT2D eigenvalue weighted by Crippen LogP contribution is -2.56. The average molecular weight is 684 g/mol. The molecule has 1 saturated heterocycles. The van der Waals surface area contributed by atoms with Crippen LogP contribution in [0.1, 0.15) is 85.6 Å². The quantitative estimate of drug-likeness (QED) is 0.234. The van der Waals surface area contributed by atoms with Gasteiger partial charge in [0.1, 0.15) is 11.9 Å². The highest BCUT2D eigenvalue weighted by atomic mass is 19.1. The molecule has 2 aliphatic rings. The van der Waals surface area contributed by atoms with Gasteiger partial charge in [0.05, 0.1) is 12.1 Å². The molecule has 5 unspecified atom stereocenters. The zero-order valence-electron chi connectivity index (χ0n) is 29.7. The second-order valence-corrected chi connectivity index (χ2v) is 14.8. The maximum absolute atomic E-state index is 14.2. The second kappa shape index (κ2) is 16.0. The SMILES string of the molecule is CNC(C(=O)N1CC(NC(=O)c2ccc(CN(C=O)C(C)Cc3ccccc3F)cc2)CC1C(=O)NC1CCCc2ccccc21)C(C)(C)C. The minimum absolute atomic E-state index is 0.128. The molecule has 0 radical (unpaired) electrons. The number of halogens is 1. The molecule has 5 atom stereocenters. The smallest absolute Gasteiger partial charge is 0.251 e. The normalized spacial score (nSPS) is 20.0. The Morgan fingerprint density at radius 3 is 2.38 bits per heavy atom. The zero-order valence-corrected chi connectivity index (χ0v) is 29.7. The molecule has 0 bridgehead atoms. The maximum Gasteiger partial charge on any atom is 0.251 e. The molecule has 3 N–H and O–H groups in total. The number of fused-ring (bicyclic) bond motifs is 1. The van der Waals surface area contributed by atoms with Gasteiger partial charge in [0.25, 0.3) is 5.91 Å². The Kier molecular flexibility index (Phi) is 11.7. The summed E-state index contributed by atoms with van der Waals surface area (Å²) in [6.45, 7) is 8.35. The predicted octanol–water partition coefficient (Wildman–Crippen LogP) is 4.94. The molecule has 3 aromatic rings. The number of nitrogens with one attached hydrogen (secondary N) is 3. The first-order valence-electron chi connectivity index (χ1n) is 17.6. The Balaban J connectivity index is 1.26. The van der Waals surface area contributed by atoms with Crippen LogP contribution >= 0.6 is 0 Å². The van der Waals surface area contributed by atoms with E-state index in [1.807, 2.05) is 39.8 Å². The van der Waals surface area contributed by atoms with Crippen molar-refractivity contribution in [3.05, 3.63) is 106 Å². The van der Waals surface area contributed by atoms with Crippen LogP contribution in [0.15, 0.2) is 72.8 Å². The molecular formula is C40H50FN5O4. The van der Waals surface area contributed by atoms with Gasteiger partial charge in [-0.25, -0.2) is 4.39 Å². The molecule has 10 heteroatoms. The van der Waals surface area contributed by atoms with Crippen LogP contribution in [-0.4, -0.2) is 71.7 Å². The van der Waals surface area contributed by atoms with E-state index in [2.05, 4.69) is 28.1 Å². The molecule has 50 heavy (non-hydrogen) atoms. The Hall–Kier alpha value is -4.57. The fourth-order valence-electron chi connectivity index (χ4n) is 7.33. The molecule has 4 amide bonds. The van der Waals surface area contributed by atoms with Gasteiger partial charge in [0.15, 0.2) is 0 Å².